The second-order valence-electron chi connectivity index (χ2n) is 4.55. The number of halogens is 1. The number of hydrogen-bond acceptors (Lipinski definition) is 4. The van der Waals surface area contributed by atoms with Crippen molar-refractivity contribution < 1.29 is 14.3 Å². The summed E-state index contributed by atoms with van der Waals surface area (Å²) in [5.74, 6) is 0.285. The molecule has 0 aliphatic carbocycles. The number of hydrogen-bond donors (Lipinski definition) is 3. The molecule has 3 N–H and O–H groups in total. The molecule has 0 aliphatic rings. The van der Waals surface area contributed by atoms with Crippen molar-refractivity contribution >= 4 is 17.5 Å². The highest BCUT2D eigenvalue weighted by Gasteiger charge is 2.18. The Morgan fingerprint density at radius 3 is 3.00 bits per heavy atom. The number of carbonyl (C=O) groups is 1. The molecule has 1 atom stereocenters. The molecule has 2 aromatic heterocycles. The molecule has 2 aromatic rings. The van der Waals surface area contributed by atoms with Crippen LogP contribution in [0.4, 0.5) is 0 Å². The predicted molar refractivity (Wildman–Crippen MR) is 73.7 cm³/mol. The molecule has 0 aromatic carbocycles. The fourth-order valence-corrected chi connectivity index (χ4v) is 1.97. The Hall–Kier alpha value is -1.79. The van der Waals surface area contributed by atoms with Gasteiger partial charge in [0.15, 0.2) is 5.69 Å². The van der Waals surface area contributed by atoms with Gasteiger partial charge in [-0.15, -0.1) is 0 Å². The zero-order chi connectivity index (χ0) is 14.5. The van der Waals surface area contributed by atoms with Gasteiger partial charge in [0, 0.05) is 25.5 Å². The number of H-pyrrole nitrogens is 1. The third-order valence-electron chi connectivity index (χ3n) is 2.97. The summed E-state index contributed by atoms with van der Waals surface area (Å²) in [6.45, 7) is 2.01. The Balaban J connectivity index is 1.90. The summed E-state index contributed by atoms with van der Waals surface area (Å²) in [5, 5.41) is 18.8. The summed E-state index contributed by atoms with van der Waals surface area (Å²) in [6.07, 6.45) is 2.13. The van der Waals surface area contributed by atoms with Crippen molar-refractivity contribution in [1.82, 2.24) is 15.5 Å². The van der Waals surface area contributed by atoms with E-state index < -0.39 is 0 Å². The average molecular weight is 298 g/mol. The van der Waals surface area contributed by atoms with Crippen LogP contribution in [0.15, 0.2) is 22.8 Å². The van der Waals surface area contributed by atoms with Gasteiger partial charge >= 0.3 is 0 Å². The quantitative estimate of drug-likeness (QED) is 0.754. The van der Waals surface area contributed by atoms with Crippen LogP contribution in [-0.4, -0.2) is 34.4 Å². The van der Waals surface area contributed by atoms with Crippen LogP contribution in [0.2, 0.25) is 5.02 Å². The lowest BCUT2D eigenvalue weighted by Crippen LogP contribution is -2.32. The average Bonchev–Trinajstić information content (AvgIpc) is 3.06. The maximum Gasteiger partial charge on any atom is 0.273 e. The normalized spacial score (nSPS) is 12.3. The molecular formula is C13H16ClN3O3. The first kappa shape index (κ1) is 14.6. The van der Waals surface area contributed by atoms with Crippen molar-refractivity contribution in [2.45, 2.75) is 13.3 Å². The number of amides is 1. The molecule has 0 saturated heterocycles. The van der Waals surface area contributed by atoms with Gasteiger partial charge in [0.1, 0.15) is 5.76 Å². The summed E-state index contributed by atoms with van der Waals surface area (Å²) in [6, 6.07) is 3.62. The molecule has 0 bridgehead atoms. The minimum Gasteiger partial charge on any atom is -0.469 e. The van der Waals surface area contributed by atoms with Crippen LogP contribution in [-0.2, 0) is 6.42 Å². The summed E-state index contributed by atoms with van der Waals surface area (Å²) in [4.78, 5) is 11.9. The number of rotatable bonds is 6. The van der Waals surface area contributed by atoms with Crippen molar-refractivity contribution in [2.75, 3.05) is 13.2 Å². The SMILES string of the molecule is Cc1[nH]nc(C(=O)NC[C@@H](CO)Cc2ccco2)c1Cl. The van der Waals surface area contributed by atoms with E-state index in [9.17, 15) is 9.90 Å². The van der Waals surface area contributed by atoms with E-state index in [-0.39, 0.29) is 24.1 Å². The number of aromatic amines is 1. The number of aryl methyl sites for hydroxylation is 1. The van der Waals surface area contributed by atoms with Crippen LogP contribution < -0.4 is 5.32 Å². The first-order chi connectivity index (χ1) is 9.61. The first-order valence-electron chi connectivity index (χ1n) is 6.23. The Kier molecular flexibility index (Phi) is 4.81. The molecule has 6 nitrogen and oxygen atoms in total. The Labute approximate surface area is 121 Å². The second kappa shape index (κ2) is 6.58. The van der Waals surface area contributed by atoms with E-state index >= 15 is 0 Å². The molecule has 0 aliphatic heterocycles. The maximum atomic E-state index is 11.9. The van der Waals surface area contributed by atoms with Gasteiger partial charge in [-0.25, -0.2) is 0 Å². The summed E-state index contributed by atoms with van der Waals surface area (Å²) in [5.41, 5.74) is 0.810. The van der Waals surface area contributed by atoms with Crippen LogP contribution in [0.1, 0.15) is 21.9 Å². The fraction of sp³-hybridized carbons (Fsp3) is 0.385. The smallest absolute Gasteiger partial charge is 0.273 e. The minimum atomic E-state index is -0.364. The van der Waals surface area contributed by atoms with E-state index in [1.54, 1.807) is 19.3 Å². The van der Waals surface area contributed by atoms with E-state index in [4.69, 9.17) is 16.0 Å². The van der Waals surface area contributed by atoms with E-state index in [0.717, 1.165) is 5.76 Å². The standard InChI is InChI=1S/C13H16ClN3O3/c1-8-11(14)12(17-16-8)13(19)15-6-9(7-18)5-10-3-2-4-20-10/h2-4,9,18H,5-7H2,1H3,(H,15,19)(H,16,17)/t9-/m0/s1. The number of carbonyl (C=O) groups excluding carboxylic acids is 1. The first-order valence-corrected chi connectivity index (χ1v) is 6.61. The van der Waals surface area contributed by atoms with E-state index in [2.05, 4.69) is 15.5 Å². The number of nitrogens with one attached hydrogen (secondary N) is 2. The van der Waals surface area contributed by atoms with Gasteiger partial charge in [0.2, 0.25) is 0 Å². The van der Waals surface area contributed by atoms with Crippen LogP contribution >= 0.6 is 11.6 Å². The van der Waals surface area contributed by atoms with Crippen molar-refractivity contribution in [3.63, 3.8) is 0 Å². The molecule has 0 spiro atoms. The molecule has 20 heavy (non-hydrogen) atoms. The van der Waals surface area contributed by atoms with Crippen LogP contribution in [0.5, 0.6) is 0 Å². The minimum absolute atomic E-state index is 0.0473. The predicted octanol–water partition coefficient (Wildman–Crippen LogP) is 1.55. The second-order valence-corrected chi connectivity index (χ2v) is 4.93. The van der Waals surface area contributed by atoms with Gasteiger partial charge in [0.05, 0.1) is 17.0 Å². The van der Waals surface area contributed by atoms with Crippen molar-refractivity contribution in [1.29, 1.82) is 0 Å². The molecule has 0 saturated carbocycles. The zero-order valence-electron chi connectivity index (χ0n) is 11.0. The Morgan fingerprint density at radius 2 is 2.45 bits per heavy atom. The largest absolute Gasteiger partial charge is 0.469 e. The van der Waals surface area contributed by atoms with Gasteiger partial charge in [-0.05, 0) is 19.1 Å². The zero-order valence-corrected chi connectivity index (χ0v) is 11.8. The molecule has 108 valence electrons. The Bertz CT molecular complexity index is 565. The van der Waals surface area contributed by atoms with E-state index in [0.29, 0.717) is 23.7 Å². The topological polar surface area (TPSA) is 91.2 Å². The summed E-state index contributed by atoms with van der Waals surface area (Å²) >= 11 is 5.95. The molecule has 7 heteroatoms. The maximum absolute atomic E-state index is 11.9. The summed E-state index contributed by atoms with van der Waals surface area (Å²) in [7, 11) is 0. The van der Waals surface area contributed by atoms with Gasteiger partial charge < -0.3 is 14.8 Å². The lowest BCUT2D eigenvalue weighted by atomic mass is 10.1. The van der Waals surface area contributed by atoms with Gasteiger partial charge in [-0.3, -0.25) is 9.89 Å². The number of aliphatic hydroxyl groups excluding tert-OH is 1. The molecule has 0 fully saturated rings. The van der Waals surface area contributed by atoms with E-state index in [1.807, 2.05) is 6.07 Å². The van der Waals surface area contributed by atoms with Crippen LogP contribution in [0, 0.1) is 12.8 Å². The number of aliphatic hydroxyl groups is 1. The molecule has 2 rings (SSSR count). The van der Waals surface area contributed by atoms with Crippen LogP contribution in [0.3, 0.4) is 0 Å². The van der Waals surface area contributed by atoms with Crippen molar-refractivity contribution in [2.24, 2.45) is 5.92 Å². The van der Waals surface area contributed by atoms with Gasteiger partial charge in [0.25, 0.3) is 5.91 Å². The fourth-order valence-electron chi connectivity index (χ4n) is 1.80. The third kappa shape index (κ3) is 3.40. The number of aromatic nitrogens is 2. The third-order valence-corrected chi connectivity index (χ3v) is 3.43. The van der Waals surface area contributed by atoms with Gasteiger partial charge in [-0.1, -0.05) is 11.6 Å². The molecule has 2 heterocycles. The van der Waals surface area contributed by atoms with Crippen molar-refractivity contribution in [3.8, 4) is 0 Å². The monoisotopic (exact) mass is 297 g/mol. The summed E-state index contributed by atoms with van der Waals surface area (Å²) < 4.78 is 5.22. The number of nitrogens with zero attached hydrogens (tertiary/aromatic N) is 1. The molecule has 0 unspecified atom stereocenters. The lowest BCUT2D eigenvalue weighted by Gasteiger charge is -2.13. The van der Waals surface area contributed by atoms with Crippen LogP contribution in [0.25, 0.3) is 0 Å². The molecule has 0 radical (unpaired) electrons. The highest BCUT2D eigenvalue weighted by atomic mass is 35.5. The molecule has 1 amide bonds. The molecular weight excluding hydrogens is 282 g/mol. The van der Waals surface area contributed by atoms with Gasteiger partial charge in [-0.2, -0.15) is 5.10 Å². The number of furan rings is 1. The van der Waals surface area contributed by atoms with Crippen molar-refractivity contribution in [3.05, 3.63) is 40.6 Å². The van der Waals surface area contributed by atoms with E-state index in [1.165, 1.54) is 0 Å². The lowest BCUT2D eigenvalue weighted by molar-refractivity contribution is 0.0934. The highest BCUT2D eigenvalue weighted by molar-refractivity contribution is 6.34. The highest BCUT2D eigenvalue weighted by Crippen LogP contribution is 2.17. The Morgan fingerprint density at radius 1 is 1.65 bits per heavy atom.